The first-order chi connectivity index (χ1) is 12.0. The average Bonchev–Trinajstić information content (AvgIpc) is 2.64. The van der Waals surface area contributed by atoms with Crippen LogP contribution in [-0.2, 0) is 16.0 Å². The lowest BCUT2D eigenvalue weighted by Gasteiger charge is -2.20. The Bertz CT molecular complexity index is 703. The first-order valence-electron chi connectivity index (χ1n) is 7.87. The standard InChI is InChI=1S/C19H21NO4S/c1-24-16-9-7-14(8-10-16)17(19(22)23)20-18(21)15(12-25)11-13-5-3-2-4-6-13/h2-10,15,17,25H,11-12H2,1H3,(H,20,21)(H,22,23). The maximum absolute atomic E-state index is 12.5. The Balaban J connectivity index is 2.11. The maximum Gasteiger partial charge on any atom is 0.330 e. The third kappa shape index (κ3) is 5.26. The van der Waals surface area contributed by atoms with Gasteiger partial charge in [0.1, 0.15) is 5.75 Å². The van der Waals surface area contributed by atoms with Gasteiger partial charge >= 0.3 is 5.97 Å². The molecule has 2 N–H and O–H groups in total. The van der Waals surface area contributed by atoms with Crippen molar-refractivity contribution in [3.8, 4) is 5.75 Å². The van der Waals surface area contributed by atoms with E-state index in [-0.39, 0.29) is 5.91 Å². The van der Waals surface area contributed by atoms with E-state index in [2.05, 4.69) is 17.9 Å². The van der Waals surface area contributed by atoms with Gasteiger partial charge in [0.15, 0.2) is 6.04 Å². The second kappa shape index (κ2) is 9.13. The molecule has 0 bridgehead atoms. The fraction of sp³-hybridized carbons (Fsp3) is 0.263. The summed E-state index contributed by atoms with van der Waals surface area (Å²) in [6.07, 6.45) is 0.505. The number of ether oxygens (including phenoxy) is 1. The van der Waals surface area contributed by atoms with E-state index in [9.17, 15) is 14.7 Å². The van der Waals surface area contributed by atoms with E-state index in [1.807, 2.05) is 30.3 Å². The van der Waals surface area contributed by atoms with Crippen molar-refractivity contribution in [2.75, 3.05) is 12.9 Å². The molecule has 1 amide bonds. The highest BCUT2D eigenvalue weighted by Gasteiger charge is 2.26. The molecular formula is C19H21NO4S. The lowest BCUT2D eigenvalue weighted by Crippen LogP contribution is -2.39. The van der Waals surface area contributed by atoms with Crippen LogP contribution in [0.5, 0.6) is 5.75 Å². The predicted octanol–water partition coefficient (Wildman–Crippen LogP) is 2.73. The number of rotatable bonds is 8. The first kappa shape index (κ1) is 18.9. The molecule has 5 nitrogen and oxygen atoms in total. The smallest absolute Gasteiger partial charge is 0.330 e. The minimum atomic E-state index is -1.11. The second-order valence-electron chi connectivity index (χ2n) is 5.62. The Morgan fingerprint density at radius 2 is 1.76 bits per heavy atom. The van der Waals surface area contributed by atoms with Crippen molar-refractivity contribution in [1.82, 2.24) is 5.32 Å². The van der Waals surface area contributed by atoms with Crippen molar-refractivity contribution in [2.24, 2.45) is 5.92 Å². The number of carboxylic acids is 1. The summed E-state index contributed by atoms with van der Waals surface area (Å²) in [6.45, 7) is 0. The fourth-order valence-corrected chi connectivity index (χ4v) is 2.78. The van der Waals surface area contributed by atoms with Gasteiger partial charge in [0, 0.05) is 5.75 Å². The molecule has 0 spiro atoms. The van der Waals surface area contributed by atoms with Crippen LogP contribution in [0.25, 0.3) is 0 Å². The van der Waals surface area contributed by atoms with Gasteiger partial charge in [-0.15, -0.1) is 0 Å². The number of hydrogen-bond donors (Lipinski definition) is 3. The molecule has 0 heterocycles. The molecule has 25 heavy (non-hydrogen) atoms. The molecule has 2 rings (SSSR count). The summed E-state index contributed by atoms with van der Waals surface area (Å²) in [5.74, 6) is -0.907. The number of amides is 1. The second-order valence-corrected chi connectivity index (χ2v) is 5.99. The molecule has 2 unspecified atom stereocenters. The fourth-order valence-electron chi connectivity index (χ4n) is 2.48. The molecule has 0 saturated heterocycles. The van der Waals surface area contributed by atoms with Crippen molar-refractivity contribution in [3.05, 3.63) is 65.7 Å². The molecule has 132 valence electrons. The van der Waals surface area contributed by atoms with Gasteiger partial charge < -0.3 is 15.2 Å². The molecule has 6 heteroatoms. The van der Waals surface area contributed by atoms with Crippen LogP contribution in [0.15, 0.2) is 54.6 Å². The highest BCUT2D eigenvalue weighted by Crippen LogP contribution is 2.19. The topological polar surface area (TPSA) is 75.6 Å². The highest BCUT2D eigenvalue weighted by molar-refractivity contribution is 7.80. The molecule has 0 radical (unpaired) electrons. The molecule has 0 aliphatic carbocycles. The number of aliphatic carboxylic acids is 1. The Morgan fingerprint density at radius 3 is 2.28 bits per heavy atom. The maximum atomic E-state index is 12.5. The largest absolute Gasteiger partial charge is 0.497 e. The van der Waals surface area contributed by atoms with Gasteiger partial charge in [-0.2, -0.15) is 12.6 Å². The van der Waals surface area contributed by atoms with Gasteiger partial charge in [0.05, 0.1) is 13.0 Å². The van der Waals surface area contributed by atoms with Crippen LogP contribution in [0, 0.1) is 5.92 Å². The van der Waals surface area contributed by atoms with Crippen LogP contribution in [-0.4, -0.2) is 29.8 Å². The Labute approximate surface area is 152 Å². The van der Waals surface area contributed by atoms with Crippen LogP contribution in [0.4, 0.5) is 0 Å². The molecule has 0 fully saturated rings. The van der Waals surface area contributed by atoms with Gasteiger partial charge in [-0.1, -0.05) is 42.5 Å². The van der Waals surface area contributed by atoms with E-state index in [1.54, 1.807) is 24.3 Å². The molecule has 0 aliphatic heterocycles. The van der Waals surface area contributed by atoms with Crippen LogP contribution >= 0.6 is 12.6 Å². The van der Waals surface area contributed by atoms with Crippen LogP contribution in [0.3, 0.4) is 0 Å². The zero-order valence-electron chi connectivity index (χ0n) is 13.9. The zero-order chi connectivity index (χ0) is 18.2. The third-order valence-electron chi connectivity index (χ3n) is 3.90. The van der Waals surface area contributed by atoms with Crippen molar-refractivity contribution >= 4 is 24.5 Å². The molecule has 0 aliphatic rings. The number of carboxylic acid groups (broad SMARTS) is 1. The number of nitrogens with one attached hydrogen (secondary N) is 1. The molecule has 0 saturated carbocycles. The van der Waals surface area contributed by atoms with Gasteiger partial charge in [-0.3, -0.25) is 4.79 Å². The van der Waals surface area contributed by atoms with Crippen LogP contribution < -0.4 is 10.1 Å². The SMILES string of the molecule is COc1ccc(C(NC(=O)C(CS)Cc2ccccc2)C(=O)O)cc1. The Kier molecular flexibility index (Phi) is 6.89. The van der Waals surface area contributed by atoms with E-state index in [0.29, 0.717) is 23.5 Å². The van der Waals surface area contributed by atoms with Gasteiger partial charge in [0.2, 0.25) is 5.91 Å². The average molecular weight is 359 g/mol. The molecule has 2 atom stereocenters. The summed E-state index contributed by atoms with van der Waals surface area (Å²) in [4.78, 5) is 24.1. The van der Waals surface area contributed by atoms with Crippen molar-refractivity contribution in [1.29, 1.82) is 0 Å². The van der Waals surface area contributed by atoms with E-state index < -0.39 is 17.9 Å². The first-order valence-corrected chi connectivity index (χ1v) is 8.50. The lowest BCUT2D eigenvalue weighted by molar-refractivity contribution is -0.142. The summed E-state index contributed by atoms with van der Waals surface area (Å²) in [5, 5.41) is 12.1. The van der Waals surface area contributed by atoms with Gasteiger partial charge in [0.25, 0.3) is 0 Å². The minimum Gasteiger partial charge on any atom is -0.497 e. The highest BCUT2D eigenvalue weighted by atomic mass is 32.1. The number of carbonyl (C=O) groups is 2. The molecular weight excluding hydrogens is 338 g/mol. The predicted molar refractivity (Wildman–Crippen MR) is 99.0 cm³/mol. The quantitative estimate of drug-likeness (QED) is 0.634. The Hall–Kier alpha value is -2.47. The summed E-state index contributed by atoms with van der Waals surface area (Å²) in [7, 11) is 1.53. The molecule has 2 aromatic carbocycles. The van der Waals surface area contributed by atoms with Crippen molar-refractivity contribution in [3.63, 3.8) is 0 Å². The van der Waals surface area contributed by atoms with Gasteiger partial charge in [-0.05, 0) is 29.7 Å². The Morgan fingerprint density at radius 1 is 1.12 bits per heavy atom. The monoisotopic (exact) mass is 359 g/mol. The van der Waals surface area contributed by atoms with Crippen molar-refractivity contribution < 1.29 is 19.4 Å². The number of thiol groups is 1. The number of carbonyl (C=O) groups excluding carboxylic acids is 1. The minimum absolute atomic E-state index is 0.329. The molecule has 0 aromatic heterocycles. The van der Waals surface area contributed by atoms with Crippen molar-refractivity contribution in [2.45, 2.75) is 12.5 Å². The number of benzene rings is 2. The van der Waals surface area contributed by atoms with E-state index in [1.165, 1.54) is 7.11 Å². The zero-order valence-corrected chi connectivity index (χ0v) is 14.8. The number of methoxy groups -OCH3 is 1. The normalized spacial score (nSPS) is 12.9. The lowest BCUT2D eigenvalue weighted by atomic mass is 9.99. The van der Waals surface area contributed by atoms with Crippen LogP contribution in [0.1, 0.15) is 17.2 Å². The summed E-state index contributed by atoms with van der Waals surface area (Å²) in [6, 6.07) is 15.1. The third-order valence-corrected chi connectivity index (χ3v) is 4.34. The summed E-state index contributed by atoms with van der Waals surface area (Å²) in [5.41, 5.74) is 1.49. The van der Waals surface area contributed by atoms with E-state index >= 15 is 0 Å². The van der Waals surface area contributed by atoms with Crippen LogP contribution in [0.2, 0.25) is 0 Å². The summed E-state index contributed by atoms with van der Waals surface area (Å²) >= 11 is 4.25. The van der Waals surface area contributed by atoms with Gasteiger partial charge in [-0.25, -0.2) is 4.79 Å². The van der Waals surface area contributed by atoms with E-state index in [0.717, 1.165) is 5.56 Å². The van der Waals surface area contributed by atoms with E-state index in [4.69, 9.17) is 4.74 Å². The molecule has 2 aromatic rings. The number of hydrogen-bond acceptors (Lipinski definition) is 4. The summed E-state index contributed by atoms with van der Waals surface area (Å²) < 4.78 is 5.07.